The molecule has 0 saturated heterocycles. The van der Waals surface area contributed by atoms with Gasteiger partial charge in [0.15, 0.2) is 23.3 Å². The summed E-state index contributed by atoms with van der Waals surface area (Å²) in [5, 5.41) is 8.61. The van der Waals surface area contributed by atoms with E-state index in [0.717, 1.165) is 28.7 Å². The molecule has 0 spiro atoms. The van der Waals surface area contributed by atoms with Crippen LogP contribution in [0.2, 0.25) is 0 Å². The lowest BCUT2D eigenvalue weighted by atomic mass is 10.2. The molecular formula is C21H14BrF4N3. The lowest BCUT2D eigenvalue weighted by molar-refractivity contribution is 0.505. The van der Waals surface area contributed by atoms with Crippen LogP contribution in [0.15, 0.2) is 59.1 Å². The number of hydrogen-bond donors (Lipinski definition) is 1. The Morgan fingerprint density at radius 2 is 1.17 bits per heavy atom. The summed E-state index contributed by atoms with van der Waals surface area (Å²) in [4.78, 5) is 0. The lowest BCUT2D eigenvalue weighted by Crippen LogP contribution is -2.25. The van der Waals surface area contributed by atoms with Crippen molar-refractivity contribution in [2.75, 3.05) is 0 Å². The van der Waals surface area contributed by atoms with E-state index in [9.17, 15) is 17.6 Å². The average Bonchev–Trinajstić information content (AvgIpc) is 2.93. The Morgan fingerprint density at radius 3 is 1.69 bits per heavy atom. The smallest absolute Gasteiger partial charge is 0.203 e. The van der Waals surface area contributed by atoms with Gasteiger partial charge in [-0.05, 0) is 53.6 Å². The van der Waals surface area contributed by atoms with Crippen LogP contribution in [0.25, 0.3) is 11.0 Å². The minimum Gasteiger partial charge on any atom is -0.306 e. The van der Waals surface area contributed by atoms with Gasteiger partial charge in [0.05, 0.1) is 24.1 Å². The van der Waals surface area contributed by atoms with Crippen LogP contribution in [0.1, 0.15) is 11.1 Å². The van der Waals surface area contributed by atoms with Crippen LogP contribution in [0, 0.1) is 28.7 Å². The number of nitrogens with one attached hydrogen (secondary N) is 1. The van der Waals surface area contributed by atoms with Crippen molar-refractivity contribution < 1.29 is 17.6 Å². The van der Waals surface area contributed by atoms with E-state index in [1.165, 1.54) is 12.1 Å². The van der Waals surface area contributed by atoms with Gasteiger partial charge < -0.3 is 9.13 Å². The van der Waals surface area contributed by atoms with Crippen LogP contribution < -0.4 is 5.62 Å². The zero-order valence-electron chi connectivity index (χ0n) is 14.9. The minimum absolute atomic E-state index is 0.0903. The van der Waals surface area contributed by atoms with E-state index in [0.29, 0.717) is 22.2 Å². The summed E-state index contributed by atoms with van der Waals surface area (Å²) in [6, 6.07) is 12.6. The van der Waals surface area contributed by atoms with Gasteiger partial charge in [0.25, 0.3) is 0 Å². The summed E-state index contributed by atoms with van der Waals surface area (Å²) in [6.07, 6.45) is 0. The van der Waals surface area contributed by atoms with Crippen LogP contribution in [-0.2, 0) is 13.1 Å². The second-order valence-electron chi connectivity index (χ2n) is 6.63. The highest BCUT2D eigenvalue weighted by molar-refractivity contribution is 9.10. The molecular weight excluding hydrogens is 450 g/mol. The maximum Gasteiger partial charge on any atom is 0.203 e. The molecule has 0 unspecified atom stereocenters. The SMILES string of the molecule is N=c1n(Cc2ccc(F)c(F)c2)c2ccc(Br)cc2n1Cc1ccc(F)c(F)c1. The minimum atomic E-state index is -0.957. The molecule has 0 aliphatic carbocycles. The summed E-state index contributed by atoms with van der Waals surface area (Å²) in [5.41, 5.74) is 2.47. The zero-order chi connectivity index (χ0) is 20.7. The van der Waals surface area contributed by atoms with Gasteiger partial charge in [0.2, 0.25) is 5.62 Å². The van der Waals surface area contributed by atoms with Crippen molar-refractivity contribution in [3.8, 4) is 0 Å². The molecule has 4 rings (SSSR count). The van der Waals surface area contributed by atoms with Gasteiger partial charge in [-0.2, -0.15) is 0 Å². The van der Waals surface area contributed by atoms with E-state index >= 15 is 0 Å². The Kier molecular flexibility index (Phi) is 5.04. The molecule has 0 fully saturated rings. The number of benzene rings is 3. The normalized spacial score (nSPS) is 11.3. The van der Waals surface area contributed by atoms with E-state index < -0.39 is 23.3 Å². The summed E-state index contributed by atoms with van der Waals surface area (Å²) < 4.78 is 57.8. The summed E-state index contributed by atoms with van der Waals surface area (Å²) in [6.45, 7) is 0.298. The Bertz CT molecular complexity index is 1290. The zero-order valence-corrected chi connectivity index (χ0v) is 16.5. The predicted octanol–water partition coefficient (Wildman–Crippen LogP) is 5.34. The molecule has 148 valence electrons. The van der Waals surface area contributed by atoms with Crippen LogP contribution in [0.4, 0.5) is 17.6 Å². The first-order valence-electron chi connectivity index (χ1n) is 8.64. The summed E-state index contributed by atoms with van der Waals surface area (Å²) in [7, 11) is 0. The number of fused-ring (bicyclic) bond motifs is 1. The third-order valence-corrected chi connectivity index (χ3v) is 5.17. The average molecular weight is 464 g/mol. The van der Waals surface area contributed by atoms with Gasteiger partial charge in [-0.25, -0.2) is 17.6 Å². The molecule has 0 radical (unpaired) electrons. The first kappa shape index (κ1) is 19.4. The maximum absolute atomic E-state index is 13.6. The molecule has 8 heteroatoms. The van der Waals surface area contributed by atoms with E-state index in [2.05, 4.69) is 15.9 Å². The van der Waals surface area contributed by atoms with Crippen molar-refractivity contribution in [1.29, 1.82) is 5.41 Å². The highest BCUT2D eigenvalue weighted by Gasteiger charge is 2.14. The highest BCUT2D eigenvalue weighted by atomic mass is 79.9. The number of rotatable bonds is 4. The monoisotopic (exact) mass is 463 g/mol. The van der Waals surface area contributed by atoms with Gasteiger partial charge in [-0.3, -0.25) is 5.41 Å². The number of aromatic nitrogens is 2. The van der Waals surface area contributed by atoms with Gasteiger partial charge in [0.1, 0.15) is 0 Å². The van der Waals surface area contributed by atoms with Gasteiger partial charge >= 0.3 is 0 Å². The molecule has 1 aromatic heterocycles. The molecule has 29 heavy (non-hydrogen) atoms. The second kappa shape index (κ2) is 7.51. The molecule has 3 aromatic carbocycles. The second-order valence-corrected chi connectivity index (χ2v) is 7.54. The quantitative estimate of drug-likeness (QED) is 0.396. The van der Waals surface area contributed by atoms with Crippen molar-refractivity contribution in [1.82, 2.24) is 9.13 Å². The summed E-state index contributed by atoms with van der Waals surface area (Å²) in [5.74, 6) is -3.79. The summed E-state index contributed by atoms with van der Waals surface area (Å²) >= 11 is 3.41. The Hall–Kier alpha value is -2.87. The first-order chi connectivity index (χ1) is 13.8. The largest absolute Gasteiger partial charge is 0.306 e. The third kappa shape index (κ3) is 3.72. The lowest BCUT2D eigenvalue weighted by Gasteiger charge is -2.07. The fraction of sp³-hybridized carbons (Fsp3) is 0.0952. The number of imidazole rings is 1. The van der Waals surface area contributed by atoms with Crippen LogP contribution in [-0.4, -0.2) is 9.13 Å². The molecule has 1 heterocycles. The Balaban J connectivity index is 1.83. The van der Waals surface area contributed by atoms with Crippen molar-refractivity contribution in [2.45, 2.75) is 13.1 Å². The van der Waals surface area contributed by atoms with Crippen molar-refractivity contribution >= 4 is 27.0 Å². The van der Waals surface area contributed by atoms with Crippen LogP contribution >= 0.6 is 15.9 Å². The molecule has 0 aliphatic rings. The van der Waals surface area contributed by atoms with Gasteiger partial charge in [0, 0.05) is 4.47 Å². The topological polar surface area (TPSA) is 33.7 Å². The van der Waals surface area contributed by atoms with Crippen LogP contribution in [0.5, 0.6) is 0 Å². The van der Waals surface area contributed by atoms with Crippen molar-refractivity contribution in [3.05, 3.63) is 99.1 Å². The molecule has 3 nitrogen and oxygen atoms in total. The predicted molar refractivity (Wildman–Crippen MR) is 104 cm³/mol. The molecule has 0 aliphatic heterocycles. The highest BCUT2D eigenvalue weighted by Crippen LogP contribution is 2.22. The third-order valence-electron chi connectivity index (χ3n) is 4.68. The molecule has 0 saturated carbocycles. The number of nitrogens with zero attached hydrogens (tertiary/aromatic N) is 2. The Morgan fingerprint density at radius 1 is 0.655 bits per heavy atom. The fourth-order valence-electron chi connectivity index (χ4n) is 3.28. The van der Waals surface area contributed by atoms with E-state index in [1.54, 1.807) is 15.2 Å². The fourth-order valence-corrected chi connectivity index (χ4v) is 3.63. The van der Waals surface area contributed by atoms with Crippen LogP contribution in [0.3, 0.4) is 0 Å². The first-order valence-corrected chi connectivity index (χ1v) is 9.44. The van der Waals surface area contributed by atoms with Gasteiger partial charge in [-0.15, -0.1) is 0 Å². The van der Waals surface area contributed by atoms with Crippen molar-refractivity contribution in [3.63, 3.8) is 0 Å². The number of hydrogen-bond acceptors (Lipinski definition) is 1. The van der Waals surface area contributed by atoms with Gasteiger partial charge in [-0.1, -0.05) is 28.1 Å². The Labute approximate surface area is 171 Å². The van der Waals surface area contributed by atoms with E-state index in [4.69, 9.17) is 5.41 Å². The van der Waals surface area contributed by atoms with E-state index in [1.807, 2.05) is 12.1 Å². The molecule has 4 aromatic rings. The standard InChI is InChI=1S/C21H14BrF4N3/c22-14-3-6-19-20(9-14)29(11-13-2-5-16(24)18(26)8-13)21(27)28(19)10-12-1-4-15(23)17(25)7-12/h1-9,27H,10-11H2. The van der Waals surface area contributed by atoms with Crippen molar-refractivity contribution in [2.24, 2.45) is 0 Å². The molecule has 1 N–H and O–H groups in total. The molecule has 0 atom stereocenters. The molecule has 0 bridgehead atoms. The maximum atomic E-state index is 13.6. The van der Waals surface area contributed by atoms with E-state index in [-0.39, 0.29) is 18.7 Å². The molecule has 0 amide bonds. The number of halogens is 5.